The summed E-state index contributed by atoms with van der Waals surface area (Å²) in [6.45, 7) is 5.10. The van der Waals surface area contributed by atoms with E-state index in [1.54, 1.807) is 17.8 Å². The zero-order valence-corrected chi connectivity index (χ0v) is 29.8. The van der Waals surface area contributed by atoms with Gasteiger partial charge in [-0.1, -0.05) is 17.9 Å². The Morgan fingerprint density at radius 1 is 1.06 bits per heavy atom. The van der Waals surface area contributed by atoms with Gasteiger partial charge in [0, 0.05) is 64.8 Å². The Balaban J connectivity index is 0.900. The Morgan fingerprint density at radius 2 is 1.81 bits per heavy atom. The van der Waals surface area contributed by atoms with Crippen LogP contribution in [0.1, 0.15) is 84.2 Å². The first-order valence-corrected chi connectivity index (χ1v) is 18.1. The first-order chi connectivity index (χ1) is 26.1. The molecule has 1 unspecified atom stereocenters. The van der Waals surface area contributed by atoms with Crippen LogP contribution in [0.2, 0.25) is 0 Å². The molecule has 1 aliphatic carbocycles. The number of para-hydroxylation sites is 1. The fourth-order valence-corrected chi connectivity index (χ4v) is 7.77. The summed E-state index contributed by atoms with van der Waals surface area (Å²) in [6.07, 6.45) is 5.12. The first-order valence-electron chi connectivity index (χ1n) is 18.1. The van der Waals surface area contributed by atoms with Gasteiger partial charge in [-0.25, -0.2) is 13.6 Å². The molecule has 7 rings (SSSR count). The highest BCUT2D eigenvalue weighted by Crippen LogP contribution is 2.35. The second-order valence-electron chi connectivity index (χ2n) is 14.1. The average molecular weight is 739 g/mol. The van der Waals surface area contributed by atoms with Gasteiger partial charge in [0.25, 0.3) is 12.3 Å². The van der Waals surface area contributed by atoms with Crippen molar-refractivity contribution in [1.29, 1.82) is 5.26 Å². The molecule has 1 aromatic carbocycles. The third kappa shape index (κ3) is 7.67. The lowest BCUT2D eigenvalue weighted by Crippen LogP contribution is -2.48. The number of piperazine rings is 1. The minimum absolute atomic E-state index is 0.0476. The SMILES string of the molecule is Cn1c(=O)n(C2CCC(=O)NC2=O)c2cccc(C#CCN3CCN(CC4CCC(n5cc(NC(=O)c6cncc(C#N)c6)c(C(F)F)n5)CC4)CC3)c21. The van der Waals surface area contributed by atoms with Crippen LogP contribution in [0.25, 0.3) is 11.0 Å². The number of benzene rings is 1. The molecule has 0 spiro atoms. The molecule has 0 radical (unpaired) electrons. The van der Waals surface area contributed by atoms with Gasteiger partial charge in [-0.3, -0.25) is 43.4 Å². The van der Waals surface area contributed by atoms with E-state index in [1.807, 2.05) is 18.2 Å². The molecule has 3 amide bonds. The number of aromatic nitrogens is 5. The van der Waals surface area contributed by atoms with Crippen LogP contribution in [0.15, 0.2) is 47.7 Å². The molecule has 0 bridgehead atoms. The molecule has 14 nitrogen and oxygen atoms in total. The fourth-order valence-electron chi connectivity index (χ4n) is 7.77. The van der Waals surface area contributed by atoms with Crippen LogP contribution in [0, 0.1) is 29.1 Å². The highest BCUT2D eigenvalue weighted by Gasteiger charge is 2.32. The van der Waals surface area contributed by atoms with Crippen LogP contribution in [-0.2, 0) is 16.6 Å². The first kappa shape index (κ1) is 36.6. The topological polar surface area (TPSA) is 163 Å². The summed E-state index contributed by atoms with van der Waals surface area (Å²) in [5.41, 5.74) is 1.41. The number of pyridine rings is 1. The van der Waals surface area contributed by atoms with Crippen molar-refractivity contribution < 1.29 is 23.2 Å². The van der Waals surface area contributed by atoms with Crippen molar-refractivity contribution in [3.8, 4) is 17.9 Å². The summed E-state index contributed by atoms with van der Waals surface area (Å²) in [6, 6.07) is 7.96. The van der Waals surface area contributed by atoms with Gasteiger partial charge in [0.2, 0.25) is 11.8 Å². The molecular formula is C38H40F2N10O4. The standard InChI is InChI=1S/C38H40F2N10O4/c1-46-34-26(4-2-6-30(34)50(38(46)54)31-11-12-32(51)44-37(31)53)5-3-13-47-14-16-48(17-15-47)22-24-7-9-28(10-8-24)49-23-29(33(45-49)35(39)40)43-36(52)27-18-25(19-41)20-42-21-27/h2,4,6,18,20-21,23-24,28,31,35H,7-17,22H2,1H3,(H,43,52)(H,44,51,53). The zero-order chi connectivity index (χ0) is 37.9. The van der Waals surface area contributed by atoms with Gasteiger partial charge in [-0.05, 0) is 56.2 Å². The maximum atomic E-state index is 13.9. The number of carbonyl (C=O) groups excluding carboxylic acids is 3. The van der Waals surface area contributed by atoms with Gasteiger partial charge in [0.15, 0.2) is 5.69 Å². The van der Waals surface area contributed by atoms with Crippen molar-refractivity contribution in [3.05, 3.63) is 75.7 Å². The Morgan fingerprint density at radius 3 is 2.54 bits per heavy atom. The fraction of sp³-hybridized carbons (Fsp3) is 0.447. The molecule has 1 saturated carbocycles. The summed E-state index contributed by atoms with van der Waals surface area (Å²) >= 11 is 0. The number of hydrogen-bond donors (Lipinski definition) is 2. The highest BCUT2D eigenvalue weighted by molar-refractivity contribution is 6.04. The summed E-state index contributed by atoms with van der Waals surface area (Å²) < 4.78 is 32.4. The molecule has 4 aromatic rings. The number of nitrogens with zero attached hydrogens (tertiary/aromatic N) is 8. The molecule has 3 aliphatic rings. The quantitative estimate of drug-likeness (QED) is 0.204. The number of nitrogens with one attached hydrogen (secondary N) is 2. The van der Waals surface area contributed by atoms with Gasteiger partial charge >= 0.3 is 5.69 Å². The third-order valence-electron chi connectivity index (χ3n) is 10.7. The molecular weight excluding hydrogens is 698 g/mol. The largest absolute Gasteiger partial charge is 0.329 e. The Kier molecular flexibility index (Phi) is 10.7. The second-order valence-corrected chi connectivity index (χ2v) is 14.1. The summed E-state index contributed by atoms with van der Waals surface area (Å²) in [5.74, 6) is 5.57. The minimum Gasteiger partial charge on any atom is -0.319 e. The molecule has 280 valence electrons. The molecule has 54 heavy (non-hydrogen) atoms. The molecule has 1 atom stereocenters. The van der Waals surface area contributed by atoms with Crippen LogP contribution in [-0.4, -0.2) is 90.7 Å². The maximum absolute atomic E-state index is 13.9. The molecule has 2 saturated heterocycles. The van der Waals surface area contributed by atoms with Crippen LogP contribution in [0.4, 0.5) is 14.5 Å². The van der Waals surface area contributed by atoms with Crippen LogP contribution in [0.3, 0.4) is 0 Å². The van der Waals surface area contributed by atoms with E-state index in [-0.39, 0.29) is 47.3 Å². The number of nitriles is 1. The number of aryl methyl sites for hydroxylation is 1. The number of halogens is 2. The van der Waals surface area contributed by atoms with Crippen molar-refractivity contribution in [1.82, 2.24) is 39.0 Å². The zero-order valence-electron chi connectivity index (χ0n) is 29.8. The number of imidazole rings is 1. The number of rotatable bonds is 8. The lowest BCUT2D eigenvalue weighted by atomic mass is 9.85. The highest BCUT2D eigenvalue weighted by atomic mass is 19.3. The maximum Gasteiger partial charge on any atom is 0.329 e. The van der Waals surface area contributed by atoms with Gasteiger partial charge in [-0.2, -0.15) is 10.4 Å². The van der Waals surface area contributed by atoms with Gasteiger partial charge in [0.1, 0.15) is 12.1 Å². The Hall–Kier alpha value is -5.71. The molecule has 3 fully saturated rings. The van der Waals surface area contributed by atoms with Gasteiger partial charge < -0.3 is 10.2 Å². The lowest BCUT2D eigenvalue weighted by Gasteiger charge is -2.37. The predicted molar refractivity (Wildman–Crippen MR) is 193 cm³/mol. The van der Waals surface area contributed by atoms with Crippen molar-refractivity contribution >= 4 is 34.4 Å². The lowest BCUT2D eigenvalue weighted by molar-refractivity contribution is -0.135. The van der Waals surface area contributed by atoms with Gasteiger partial charge in [-0.15, -0.1) is 0 Å². The number of amides is 3. The molecule has 16 heteroatoms. The average Bonchev–Trinajstić information content (AvgIpc) is 3.71. The number of fused-ring (bicyclic) bond motifs is 1. The number of imide groups is 1. The second kappa shape index (κ2) is 15.7. The van der Waals surface area contributed by atoms with E-state index in [4.69, 9.17) is 5.26 Å². The number of anilines is 1. The van der Waals surface area contributed by atoms with E-state index in [9.17, 15) is 28.0 Å². The van der Waals surface area contributed by atoms with Crippen molar-refractivity contribution in [2.75, 3.05) is 44.6 Å². The van der Waals surface area contributed by atoms with E-state index < -0.39 is 30.0 Å². The summed E-state index contributed by atoms with van der Waals surface area (Å²) in [7, 11) is 1.67. The Labute approximate surface area is 309 Å². The minimum atomic E-state index is -2.87. The van der Waals surface area contributed by atoms with E-state index >= 15 is 0 Å². The summed E-state index contributed by atoms with van der Waals surface area (Å²) in [4.78, 5) is 58.9. The normalized spacial score (nSPS) is 21.1. The van der Waals surface area contributed by atoms with Crippen molar-refractivity contribution in [2.24, 2.45) is 13.0 Å². The van der Waals surface area contributed by atoms with Gasteiger partial charge in [0.05, 0.1) is 46.0 Å². The summed E-state index contributed by atoms with van der Waals surface area (Å²) in [5, 5.41) is 18.1. The molecule has 5 heterocycles. The smallest absolute Gasteiger partial charge is 0.319 e. The van der Waals surface area contributed by atoms with Crippen LogP contribution < -0.4 is 16.3 Å². The number of piperidine rings is 1. The number of carbonyl (C=O) groups is 3. The number of alkyl halides is 2. The number of hydrogen-bond acceptors (Lipinski definition) is 9. The van der Waals surface area contributed by atoms with E-state index in [0.717, 1.165) is 58.4 Å². The van der Waals surface area contributed by atoms with Crippen LogP contribution >= 0.6 is 0 Å². The Bertz CT molecular complexity index is 2240. The van der Waals surface area contributed by atoms with Crippen molar-refractivity contribution in [3.63, 3.8) is 0 Å². The van der Waals surface area contributed by atoms with Crippen LogP contribution in [0.5, 0.6) is 0 Å². The third-order valence-corrected chi connectivity index (χ3v) is 10.7. The van der Waals surface area contributed by atoms with E-state index in [0.29, 0.717) is 29.1 Å². The van der Waals surface area contributed by atoms with E-state index in [2.05, 4.69) is 42.4 Å². The molecule has 3 aromatic heterocycles. The monoisotopic (exact) mass is 738 g/mol. The predicted octanol–water partition coefficient (Wildman–Crippen LogP) is 3.37. The van der Waals surface area contributed by atoms with E-state index in [1.165, 1.54) is 33.8 Å². The molecule has 2 aliphatic heterocycles. The molecule has 2 N–H and O–H groups in total. The van der Waals surface area contributed by atoms with Crippen molar-refractivity contribution in [2.45, 2.75) is 57.0 Å².